The molecule has 11 heteroatoms. The van der Waals surface area contributed by atoms with Crippen LogP contribution in [-0.4, -0.2) is 72.8 Å². The number of aromatic amines is 1. The summed E-state index contributed by atoms with van der Waals surface area (Å²) in [6.45, 7) is 1.04. The number of aliphatic hydroxyl groups excluding tert-OH is 3. The van der Waals surface area contributed by atoms with Crippen LogP contribution in [0.4, 0.5) is 11.9 Å². The Morgan fingerprint density at radius 1 is 1.19 bits per heavy atom. The van der Waals surface area contributed by atoms with Crippen LogP contribution in [0.2, 0.25) is 0 Å². The summed E-state index contributed by atoms with van der Waals surface area (Å²) in [4.78, 5) is 25.3. The van der Waals surface area contributed by atoms with E-state index in [0.717, 1.165) is 32.4 Å². The standard InChI is InChI=1S/C15H22N6O5/c16-14-18-11-8(12(25)19-14)17-15(20-4-2-1-3-5-20)21(11)13-10(24)9(23)7(6-22)26-13/h7,9-10,13,22-24H,1-6H2,(H3,16,18,19,25)/t7-,9+,10+,13+/m0/s1. The molecule has 0 aromatic carbocycles. The normalized spacial score (nSPS) is 29.6. The van der Waals surface area contributed by atoms with Crippen molar-refractivity contribution in [1.29, 1.82) is 0 Å². The third-order valence-corrected chi connectivity index (χ3v) is 4.96. The Morgan fingerprint density at radius 2 is 1.92 bits per heavy atom. The highest BCUT2D eigenvalue weighted by Gasteiger charge is 2.45. The summed E-state index contributed by atoms with van der Waals surface area (Å²) in [6, 6.07) is 0. The summed E-state index contributed by atoms with van der Waals surface area (Å²) in [5.41, 5.74) is 5.44. The van der Waals surface area contributed by atoms with Crippen LogP contribution in [0.1, 0.15) is 25.5 Å². The smallest absolute Gasteiger partial charge is 0.280 e. The molecule has 4 atom stereocenters. The third kappa shape index (κ3) is 2.63. The molecule has 11 nitrogen and oxygen atoms in total. The van der Waals surface area contributed by atoms with Crippen molar-refractivity contribution in [3.8, 4) is 0 Å². The van der Waals surface area contributed by atoms with Crippen LogP contribution < -0.4 is 16.2 Å². The fraction of sp³-hybridized carbons (Fsp3) is 0.667. The van der Waals surface area contributed by atoms with Crippen molar-refractivity contribution < 1.29 is 20.1 Å². The molecule has 0 unspecified atom stereocenters. The molecule has 0 amide bonds. The van der Waals surface area contributed by atoms with Gasteiger partial charge in [-0.05, 0) is 19.3 Å². The van der Waals surface area contributed by atoms with Crippen LogP contribution in [0.15, 0.2) is 4.79 Å². The number of aromatic nitrogens is 4. The summed E-state index contributed by atoms with van der Waals surface area (Å²) < 4.78 is 7.15. The molecule has 2 aliphatic heterocycles. The molecule has 26 heavy (non-hydrogen) atoms. The van der Waals surface area contributed by atoms with Gasteiger partial charge in [0, 0.05) is 13.1 Å². The number of rotatable bonds is 3. The van der Waals surface area contributed by atoms with Gasteiger partial charge in [-0.3, -0.25) is 14.3 Å². The molecule has 4 rings (SSSR count). The number of nitrogens with zero attached hydrogens (tertiary/aromatic N) is 4. The zero-order chi connectivity index (χ0) is 18.4. The molecular weight excluding hydrogens is 344 g/mol. The van der Waals surface area contributed by atoms with Crippen molar-refractivity contribution in [2.75, 3.05) is 30.3 Å². The van der Waals surface area contributed by atoms with E-state index < -0.39 is 36.7 Å². The number of nitrogens with one attached hydrogen (secondary N) is 1. The SMILES string of the molecule is Nc1nc2c(nc(N3CCCCC3)n2[C@@H]2O[C@@H](CO)[C@@H](O)[C@H]2O)c(=O)[nH]1. The summed E-state index contributed by atoms with van der Waals surface area (Å²) in [7, 11) is 0. The minimum Gasteiger partial charge on any atom is -0.394 e. The second-order valence-electron chi connectivity index (χ2n) is 6.68. The number of aliphatic hydroxyl groups is 3. The number of imidazole rings is 1. The van der Waals surface area contributed by atoms with Gasteiger partial charge in [-0.15, -0.1) is 0 Å². The number of fused-ring (bicyclic) bond motifs is 1. The van der Waals surface area contributed by atoms with Crippen molar-refractivity contribution in [2.24, 2.45) is 0 Å². The minimum atomic E-state index is -1.31. The predicted molar refractivity (Wildman–Crippen MR) is 91.6 cm³/mol. The van der Waals surface area contributed by atoms with E-state index in [1.807, 2.05) is 4.90 Å². The Morgan fingerprint density at radius 3 is 2.58 bits per heavy atom. The number of nitrogens with two attached hydrogens (primary N) is 1. The molecule has 0 aliphatic carbocycles. The lowest BCUT2D eigenvalue weighted by Crippen LogP contribution is -2.35. The fourth-order valence-corrected chi connectivity index (χ4v) is 3.63. The van der Waals surface area contributed by atoms with E-state index >= 15 is 0 Å². The molecule has 6 N–H and O–H groups in total. The van der Waals surface area contributed by atoms with Crippen molar-refractivity contribution in [3.05, 3.63) is 10.4 Å². The van der Waals surface area contributed by atoms with Gasteiger partial charge >= 0.3 is 0 Å². The number of ether oxygens (including phenoxy) is 1. The van der Waals surface area contributed by atoms with Gasteiger partial charge in [0.05, 0.1) is 6.61 Å². The maximum atomic E-state index is 12.3. The molecule has 4 heterocycles. The highest BCUT2D eigenvalue weighted by Crippen LogP contribution is 2.35. The second-order valence-corrected chi connectivity index (χ2v) is 6.68. The summed E-state index contributed by atoms with van der Waals surface area (Å²) >= 11 is 0. The van der Waals surface area contributed by atoms with Crippen molar-refractivity contribution in [1.82, 2.24) is 19.5 Å². The largest absolute Gasteiger partial charge is 0.394 e. The van der Waals surface area contributed by atoms with Crippen LogP contribution in [0.25, 0.3) is 11.2 Å². The van der Waals surface area contributed by atoms with Crippen LogP contribution in [0, 0.1) is 0 Å². The minimum absolute atomic E-state index is 0.0810. The molecule has 0 bridgehead atoms. The summed E-state index contributed by atoms with van der Waals surface area (Å²) in [5, 5.41) is 29.9. The molecule has 0 radical (unpaired) electrons. The van der Waals surface area contributed by atoms with Gasteiger partial charge < -0.3 is 30.7 Å². The van der Waals surface area contributed by atoms with E-state index in [1.54, 1.807) is 0 Å². The first-order valence-electron chi connectivity index (χ1n) is 8.66. The van der Waals surface area contributed by atoms with E-state index in [2.05, 4.69) is 15.0 Å². The Hall–Kier alpha value is -2.21. The van der Waals surface area contributed by atoms with Crippen molar-refractivity contribution in [3.63, 3.8) is 0 Å². The highest BCUT2D eigenvalue weighted by molar-refractivity contribution is 5.75. The van der Waals surface area contributed by atoms with Gasteiger partial charge in [-0.1, -0.05) is 0 Å². The highest BCUT2D eigenvalue weighted by atomic mass is 16.6. The Balaban J connectivity index is 1.89. The van der Waals surface area contributed by atoms with Gasteiger partial charge in [-0.2, -0.15) is 4.98 Å². The molecule has 0 spiro atoms. The monoisotopic (exact) mass is 366 g/mol. The third-order valence-electron chi connectivity index (χ3n) is 4.96. The zero-order valence-corrected chi connectivity index (χ0v) is 14.1. The number of anilines is 2. The van der Waals surface area contributed by atoms with Crippen LogP contribution >= 0.6 is 0 Å². The number of nitrogen functional groups attached to an aromatic ring is 1. The Bertz CT molecular complexity index is 860. The van der Waals surface area contributed by atoms with E-state index in [-0.39, 0.29) is 17.1 Å². The maximum Gasteiger partial charge on any atom is 0.280 e. The lowest BCUT2D eigenvalue weighted by molar-refractivity contribution is -0.0504. The van der Waals surface area contributed by atoms with Gasteiger partial charge in [0.25, 0.3) is 5.56 Å². The fourth-order valence-electron chi connectivity index (χ4n) is 3.63. The average molecular weight is 366 g/mol. The number of hydrogen-bond acceptors (Lipinski definition) is 9. The quantitative estimate of drug-likeness (QED) is 0.426. The van der Waals surface area contributed by atoms with E-state index in [0.29, 0.717) is 5.95 Å². The van der Waals surface area contributed by atoms with E-state index in [9.17, 15) is 20.1 Å². The predicted octanol–water partition coefficient (Wildman–Crippen LogP) is -1.70. The first kappa shape index (κ1) is 17.2. The molecule has 2 aliphatic rings. The maximum absolute atomic E-state index is 12.3. The molecule has 0 saturated carbocycles. The van der Waals surface area contributed by atoms with Gasteiger partial charge in [0.15, 0.2) is 17.4 Å². The van der Waals surface area contributed by atoms with Crippen LogP contribution in [0.5, 0.6) is 0 Å². The molecule has 2 aromatic heterocycles. The van der Waals surface area contributed by atoms with E-state index in [4.69, 9.17) is 10.5 Å². The number of piperidine rings is 1. The number of H-pyrrole nitrogens is 1. The molecule has 2 saturated heterocycles. The van der Waals surface area contributed by atoms with Crippen molar-refractivity contribution in [2.45, 2.75) is 43.8 Å². The van der Waals surface area contributed by atoms with Gasteiger partial charge in [-0.25, -0.2) is 4.98 Å². The van der Waals surface area contributed by atoms with Crippen molar-refractivity contribution >= 4 is 23.1 Å². The molecule has 142 valence electrons. The van der Waals surface area contributed by atoms with Crippen LogP contribution in [-0.2, 0) is 4.74 Å². The van der Waals surface area contributed by atoms with Crippen LogP contribution in [0.3, 0.4) is 0 Å². The first-order valence-corrected chi connectivity index (χ1v) is 8.66. The Kier molecular flexibility index (Phi) is 4.31. The summed E-state index contributed by atoms with van der Waals surface area (Å²) in [6.07, 6.45) is -1.50. The molecule has 2 aromatic rings. The van der Waals surface area contributed by atoms with Gasteiger partial charge in [0.2, 0.25) is 11.9 Å². The van der Waals surface area contributed by atoms with Gasteiger partial charge in [0.1, 0.15) is 18.3 Å². The lowest BCUT2D eigenvalue weighted by Gasteiger charge is -2.30. The molecular formula is C15H22N6O5. The average Bonchev–Trinajstić information content (AvgIpc) is 3.14. The number of hydrogen-bond donors (Lipinski definition) is 5. The van der Waals surface area contributed by atoms with E-state index in [1.165, 1.54) is 4.57 Å². The topological polar surface area (TPSA) is 163 Å². The lowest BCUT2D eigenvalue weighted by atomic mass is 10.1. The second kappa shape index (κ2) is 6.50. The summed E-state index contributed by atoms with van der Waals surface area (Å²) in [5.74, 6) is 0.346. The molecule has 2 fully saturated rings. The first-order chi connectivity index (χ1) is 12.5. The Labute approximate surface area is 148 Å². The zero-order valence-electron chi connectivity index (χ0n) is 14.1.